The zero-order valence-electron chi connectivity index (χ0n) is 25.3. The maximum atomic E-state index is 14.8. The Morgan fingerprint density at radius 1 is 0.932 bits per heavy atom. The van der Waals surface area contributed by atoms with Gasteiger partial charge in [-0.3, -0.25) is 14.4 Å². The van der Waals surface area contributed by atoms with E-state index in [0.29, 0.717) is 43.7 Å². The van der Waals surface area contributed by atoms with Crippen molar-refractivity contribution in [1.82, 2.24) is 4.90 Å². The Kier molecular flexibility index (Phi) is 7.42. The van der Waals surface area contributed by atoms with Gasteiger partial charge in [0, 0.05) is 69.0 Å². The Hall–Kier alpha value is -4.34. The van der Waals surface area contributed by atoms with Gasteiger partial charge in [0.25, 0.3) is 5.91 Å². The third kappa shape index (κ3) is 4.90. The number of para-hydroxylation sites is 1. The summed E-state index contributed by atoms with van der Waals surface area (Å²) in [5.41, 5.74) is 2.98. The molecule has 0 N–H and O–H groups in total. The quantitative estimate of drug-likeness (QED) is 0.403. The maximum absolute atomic E-state index is 14.8. The van der Waals surface area contributed by atoms with E-state index < -0.39 is 34.7 Å². The van der Waals surface area contributed by atoms with Crippen molar-refractivity contribution < 1.29 is 27.6 Å². The third-order valence-electron chi connectivity index (χ3n) is 9.45. The van der Waals surface area contributed by atoms with E-state index >= 15 is 0 Å². The number of halogens is 3. The van der Waals surface area contributed by atoms with Crippen LogP contribution in [0.5, 0.6) is 0 Å². The monoisotopic (exact) mass is 604 g/mol. The number of nitrogens with zero attached hydrogens (tertiary/aromatic N) is 4. The molecule has 6 rings (SSSR count). The molecule has 1 spiro atoms. The zero-order valence-corrected chi connectivity index (χ0v) is 25.3. The molecule has 2 fully saturated rings. The Labute approximate surface area is 254 Å². The minimum atomic E-state index is -0.847. The van der Waals surface area contributed by atoms with Crippen molar-refractivity contribution in [2.24, 2.45) is 5.92 Å². The molecular formula is C34H35F3N4O3. The van der Waals surface area contributed by atoms with Gasteiger partial charge in [0.1, 0.15) is 23.1 Å². The van der Waals surface area contributed by atoms with Crippen LogP contribution in [0.3, 0.4) is 0 Å². The number of likely N-dealkylation sites (tertiary alicyclic amines) is 1. The molecule has 3 amide bonds. The molecule has 7 nitrogen and oxygen atoms in total. The van der Waals surface area contributed by atoms with Gasteiger partial charge in [-0.05, 0) is 73.7 Å². The predicted octanol–water partition coefficient (Wildman–Crippen LogP) is 5.36. The van der Waals surface area contributed by atoms with Crippen molar-refractivity contribution in [2.75, 3.05) is 55.0 Å². The van der Waals surface area contributed by atoms with Crippen LogP contribution in [-0.2, 0) is 15.0 Å². The number of hydrogen-bond donors (Lipinski definition) is 0. The van der Waals surface area contributed by atoms with Gasteiger partial charge in [0.05, 0.1) is 5.92 Å². The standard InChI is InChI=1S/C34H35F3N4O3/c1-20-6-5-7-21(2)30(20)40-18-23(16-29(40)42)32(43)39-12-10-34(11-13-39)19-41(28-9-8-24(35)17-25(28)34)33(44)22-14-26(36)31(38(3)4)27(37)15-22/h5-9,14-15,17,23H,10-13,16,18-19H2,1-4H3. The molecule has 3 aliphatic heterocycles. The highest BCUT2D eigenvalue weighted by Gasteiger charge is 2.48. The Morgan fingerprint density at radius 2 is 1.57 bits per heavy atom. The van der Waals surface area contributed by atoms with E-state index in [9.17, 15) is 27.6 Å². The lowest BCUT2D eigenvalue weighted by Gasteiger charge is -2.40. The number of amides is 3. The highest BCUT2D eigenvalue weighted by Crippen LogP contribution is 2.48. The first-order chi connectivity index (χ1) is 20.9. The molecular weight excluding hydrogens is 569 g/mol. The first kappa shape index (κ1) is 29.7. The van der Waals surface area contributed by atoms with Crippen LogP contribution in [0.4, 0.5) is 30.2 Å². The van der Waals surface area contributed by atoms with Gasteiger partial charge in [0.15, 0.2) is 0 Å². The maximum Gasteiger partial charge on any atom is 0.258 e. The Bertz CT molecular complexity index is 1640. The molecule has 3 aliphatic rings. The average Bonchev–Trinajstić information content (AvgIpc) is 3.49. The van der Waals surface area contributed by atoms with Crippen LogP contribution in [0.1, 0.15) is 46.3 Å². The van der Waals surface area contributed by atoms with Gasteiger partial charge in [0.2, 0.25) is 11.8 Å². The molecule has 44 heavy (non-hydrogen) atoms. The predicted molar refractivity (Wildman–Crippen MR) is 163 cm³/mol. The molecule has 3 aromatic rings. The van der Waals surface area contributed by atoms with E-state index in [-0.39, 0.29) is 36.0 Å². The van der Waals surface area contributed by atoms with Crippen LogP contribution in [0.2, 0.25) is 0 Å². The van der Waals surface area contributed by atoms with Crippen LogP contribution in [0.15, 0.2) is 48.5 Å². The van der Waals surface area contributed by atoms with Crippen LogP contribution >= 0.6 is 0 Å². The highest BCUT2D eigenvalue weighted by molar-refractivity contribution is 6.08. The molecule has 1 unspecified atom stereocenters. The van der Waals surface area contributed by atoms with Gasteiger partial charge in [-0.2, -0.15) is 0 Å². The number of hydrogen-bond acceptors (Lipinski definition) is 4. The molecule has 0 bridgehead atoms. The fraction of sp³-hybridized carbons (Fsp3) is 0.382. The number of fused-ring (bicyclic) bond motifs is 2. The summed E-state index contributed by atoms with van der Waals surface area (Å²) in [5.74, 6) is -3.34. The molecule has 230 valence electrons. The van der Waals surface area contributed by atoms with Gasteiger partial charge in [-0.25, -0.2) is 13.2 Å². The topological polar surface area (TPSA) is 64.2 Å². The van der Waals surface area contributed by atoms with E-state index in [4.69, 9.17) is 0 Å². The molecule has 3 heterocycles. The van der Waals surface area contributed by atoms with Gasteiger partial charge >= 0.3 is 0 Å². The summed E-state index contributed by atoms with van der Waals surface area (Å²) >= 11 is 0. The van der Waals surface area contributed by atoms with Crippen LogP contribution < -0.4 is 14.7 Å². The lowest BCUT2D eigenvalue weighted by molar-refractivity contribution is -0.137. The van der Waals surface area contributed by atoms with Gasteiger partial charge < -0.3 is 19.6 Å². The number of rotatable bonds is 4. The van der Waals surface area contributed by atoms with E-state index in [1.165, 1.54) is 42.1 Å². The largest absolute Gasteiger partial charge is 0.373 e. The van der Waals surface area contributed by atoms with Crippen molar-refractivity contribution in [2.45, 2.75) is 38.5 Å². The summed E-state index contributed by atoms with van der Waals surface area (Å²) in [5, 5.41) is 0. The molecule has 0 radical (unpaired) electrons. The summed E-state index contributed by atoms with van der Waals surface area (Å²) in [6.07, 6.45) is 1.09. The van der Waals surface area contributed by atoms with E-state index in [0.717, 1.165) is 28.9 Å². The number of benzene rings is 3. The summed E-state index contributed by atoms with van der Waals surface area (Å²) in [6, 6.07) is 12.1. The number of anilines is 3. The van der Waals surface area contributed by atoms with Crippen molar-refractivity contribution in [3.8, 4) is 0 Å². The number of carbonyl (C=O) groups excluding carboxylic acids is 3. The first-order valence-corrected chi connectivity index (χ1v) is 14.8. The van der Waals surface area contributed by atoms with Crippen molar-refractivity contribution in [1.29, 1.82) is 0 Å². The summed E-state index contributed by atoms with van der Waals surface area (Å²) in [6.45, 7) is 5.19. The number of piperidine rings is 1. The summed E-state index contributed by atoms with van der Waals surface area (Å²) in [4.78, 5) is 46.6. The Morgan fingerprint density at radius 3 is 2.18 bits per heavy atom. The average molecular weight is 605 g/mol. The highest BCUT2D eigenvalue weighted by atomic mass is 19.1. The van der Waals surface area contributed by atoms with Crippen molar-refractivity contribution in [3.63, 3.8) is 0 Å². The third-order valence-corrected chi connectivity index (χ3v) is 9.45. The number of carbonyl (C=O) groups is 3. The molecule has 10 heteroatoms. The molecule has 0 aliphatic carbocycles. The van der Waals surface area contributed by atoms with Crippen LogP contribution in [0.25, 0.3) is 0 Å². The molecule has 2 saturated heterocycles. The fourth-order valence-corrected chi connectivity index (χ4v) is 7.26. The Balaban J connectivity index is 1.20. The SMILES string of the molecule is Cc1cccc(C)c1N1CC(C(=O)N2CCC3(CC2)CN(C(=O)c2cc(F)c(N(C)C)c(F)c2)c2ccc(F)cc23)CC1=O. The second kappa shape index (κ2) is 11.0. The number of aryl methyl sites for hydroxylation is 2. The minimum Gasteiger partial charge on any atom is -0.373 e. The van der Waals surface area contributed by atoms with E-state index in [2.05, 4.69) is 0 Å². The van der Waals surface area contributed by atoms with Gasteiger partial charge in [-0.15, -0.1) is 0 Å². The molecule has 1 atom stereocenters. The van der Waals surface area contributed by atoms with Gasteiger partial charge in [-0.1, -0.05) is 18.2 Å². The lowest BCUT2D eigenvalue weighted by Crippen LogP contribution is -2.49. The van der Waals surface area contributed by atoms with Crippen LogP contribution in [0, 0.1) is 37.2 Å². The minimum absolute atomic E-state index is 0.0740. The summed E-state index contributed by atoms with van der Waals surface area (Å²) in [7, 11) is 3.03. The molecule has 3 aromatic carbocycles. The van der Waals surface area contributed by atoms with E-state index in [1.54, 1.807) is 9.80 Å². The first-order valence-electron chi connectivity index (χ1n) is 14.8. The second-order valence-electron chi connectivity index (χ2n) is 12.5. The zero-order chi connectivity index (χ0) is 31.5. The lowest BCUT2D eigenvalue weighted by atomic mass is 9.74. The second-order valence-corrected chi connectivity index (χ2v) is 12.5. The van der Waals surface area contributed by atoms with Crippen molar-refractivity contribution in [3.05, 3.63) is 88.2 Å². The normalized spacial score (nSPS) is 19.1. The molecule has 0 saturated carbocycles. The summed E-state index contributed by atoms with van der Waals surface area (Å²) < 4.78 is 44.1. The van der Waals surface area contributed by atoms with Crippen LogP contribution in [-0.4, -0.2) is 62.9 Å². The molecule has 0 aromatic heterocycles. The fourth-order valence-electron chi connectivity index (χ4n) is 7.26. The smallest absolute Gasteiger partial charge is 0.258 e. The van der Waals surface area contributed by atoms with Crippen molar-refractivity contribution >= 4 is 34.8 Å². The van der Waals surface area contributed by atoms with E-state index in [1.807, 2.05) is 32.0 Å².